The van der Waals surface area contributed by atoms with Crippen molar-refractivity contribution in [2.24, 2.45) is 5.41 Å². The van der Waals surface area contributed by atoms with Crippen LogP contribution in [0.15, 0.2) is 17.5 Å². The lowest BCUT2D eigenvalue weighted by atomic mass is 9.67. The number of hydrogen-bond donors (Lipinski definition) is 2. The first-order chi connectivity index (χ1) is 9.09. The van der Waals surface area contributed by atoms with E-state index in [9.17, 15) is 0 Å². The van der Waals surface area contributed by atoms with Crippen LogP contribution in [0.2, 0.25) is 0 Å². The molecule has 1 fully saturated rings. The molecular formula is C15H21N3S. The smallest absolute Gasteiger partial charge is 0.154 e. The maximum atomic E-state index is 6.09. The Morgan fingerprint density at radius 1 is 1.42 bits per heavy atom. The van der Waals surface area contributed by atoms with Gasteiger partial charge in [-0.2, -0.15) is 5.10 Å². The largest absolute Gasteiger partial charge is 0.382 e. The van der Waals surface area contributed by atoms with Gasteiger partial charge in [-0.3, -0.25) is 5.10 Å². The SMILES string of the molecule is CC1(C)CCCCC1c1[nH]nc(N)c1-c1cccs1. The van der Waals surface area contributed by atoms with Crippen molar-refractivity contribution in [1.29, 1.82) is 0 Å². The van der Waals surface area contributed by atoms with Crippen LogP contribution >= 0.6 is 11.3 Å². The first kappa shape index (κ1) is 12.7. The number of rotatable bonds is 2. The maximum Gasteiger partial charge on any atom is 0.154 e. The highest BCUT2D eigenvalue weighted by atomic mass is 32.1. The van der Waals surface area contributed by atoms with Crippen LogP contribution in [0.5, 0.6) is 0 Å². The zero-order chi connectivity index (χ0) is 13.5. The summed E-state index contributed by atoms with van der Waals surface area (Å²) in [6.07, 6.45) is 5.14. The molecule has 2 heterocycles. The Morgan fingerprint density at radius 3 is 2.95 bits per heavy atom. The Balaban J connectivity index is 2.06. The van der Waals surface area contributed by atoms with Gasteiger partial charge in [-0.05, 0) is 29.7 Å². The summed E-state index contributed by atoms with van der Waals surface area (Å²) in [5.41, 5.74) is 8.79. The Bertz CT molecular complexity index is 554. The van der Waals surface area contributed by atoms with Crippen LogP contribution in [0.25, 0.3) is 10.4 Å². The number of aromatic nitrogens is 2. The van der Waals surface area contributed by atoms with E-state index < -0.39 is 0 Å². The summed E-state index contributed by atoms with van der Waals surface area (Å²) in [6, 6.07) is 4.20. The molecule has 1 unspecified atom stereocenters. The number of nitrogens with one attached hydrogen (secondary N) is 1. The molecule has 3 nitrogen and oxygen atoms in total. The number of nitrogens with zero attached hydrogens (tertiary/aromatic N) is 1. The standard InChI is InChI=1S/C15H21N3S/c1-15(2)8-4-3-6-10(15)13-12(14(16)18-17-13)11-7-5-9-19-11/h5,7,9-10H,3-4,6,8H2,1-2H3,(H3,16,17,18). The Morgan fingerprint density at radius 2 is 2.26 bits per heavy atom. The third kappa shape index (κ3) is 2.18. The molecule has 0 saturated heterocycles. The van der Waals surface area contributed by atoms with Crippen LogP contribution in [-0.4, -0.2) is 10.2 Å². The van der Waals surface area contributed by atoms with E-state index in [-0.39, 0.29) is 0 Å². The summed E-state index contributed by atoms with van der Waals surface area (Å²) in [5, 5.41) is 9.59. The number of aromatic amines is 1. The minimum atomic E-state index is 0.323. The molecule has 0 amide bonds. The first-order valence-electron chi connectivity index (χ1n) is 6.97. The summed E-state index contributed by atoms with van der Waals surface area (Å²) in [7, 11) is 0. The van der Waals surface area contributed by atoms with Gasteiger partial charge >= 0.3 is 0 Å². The van der Waals surface area contributed by atoms with Gasteiger partial charge in [0.05, 0.1) is 5.56 Å². The van der Waals surface area contributed by atoms with E-state index in [0.717, 1.165) is 5.56 Å². The maximum absolute atomic E-state index is 6.09. The van der Waals surface area contributed by atoms with Gasteiger partial charge in [0.15, 0.2) is 5.82 Å². The molecule has 19 heavy (non-hydrogen) atoms. The van der Waals surface area contributed by atoms with Gasteiger partial charge in [0.1, 0.15) is 0 Å². The lowest BCUT2D eigenvalue weighted by molar-refractivity contribution is 0.196. The molecule has 3 rings (SSSR count). The van der Waals surface area contributed by atoms with Gasteiger partial charge in [0.25, 0.3) is 0 Å². The molecule has 2 aromatic rings. The van der Waals surface area contributed by atoms with E-state index in [1.807, 2.05) is 0 Å². The Kier molecular flexibility index (Phi) is 3.13. The highest BCUT2D eigenvalue weighted by molar-refractivity contribution is 7.13. The number of anilines is 1. The van der Waals surface area contributed by atoms with Crippen LogP contribution in [0, 0.1) is 5.41 Å². The van der Waals surface area contributed by atoms with E-state index in [1.54, 1.807) is 11.3 Å². The van der Waals surface area contributed by atoms with Crippen molar-refractivity contribution < 1.29 is 0 Å². The fourth-order valence-electron chi connectivity index (χ4n) is 3.33. The molecule has 0 aliphatic heterocycles. The fraction of sp³-hybridized carbons (Fsp3) is 0.533. The molecule has 3 N–H and O–H groups in total. The predicted octanol–water partition coefficient (Wildman–Crippen LogP) is 4.40. The first-order valence-corrected chi connectivity index (χ1v) is 7.85. The number of thiophene rings is 1. The van der Waals surface area contributed by atoms with E-state index in [4.69, 9.17) is 5.73 Å². The summed E-state index contributed by atoms with van der Waals surface area (Å²) < 4.78 is 0. The van der Waals surface area contributed by atoms with E-state index in [1.165, 1.54) is 36.3 Å². The van der Waals surface area contributed by atoms with Crippen molar-refractivity contribution in [2.45, 2.75) is 45.4 Å². The zero-order valence-corrected chi connectivity index (χ0v) is 12.4. The summed E-state index contributed by atoms with van der Waals surface area (Å²) in [6.45, 7) is 4.73. The topological polar surface area (TPSA) is 54.7 Å². The summed E-state index contributed by atoms with van der Waals surface area (Å²) in [4.78, 5) is 1.22. The molecule has 0 bridgehead atoms. The summed E-state index contributed by atoms with van der Waals surface area (Å²) in [5.74, 6) is 1.17. The molecular weight excluding hydrogens is 254 g/mol. The van der Waals surface area contributed by atoms with Crippen LogP contribution < -0.4 is 5.73 Å². The fourth-order valence-corrected chi connectivity index (χ4v) is 4.12. The van der Waals surface area contributed by atoms with E-state index in [0.29, 0.717) is 17.2 Å². The Hall–Kier alpha value is -1.29. The van der Waals surface area contributed by atoms with Crippen molar-refractivity contribution in [1.82, 2.24) is 10.2 Å². The molecule has 0 radical (unpaired) electrons. The highest BCUT2D eigenvalue weighted by Gasteiger charge is 2.36. The van der Waals surface area contributed by atoms with Crippen molar-refractivity contribution in [3.63, 3.8) is 0 Å². The van der Waals surface area contributed by atoms with Crippen LogP contribution in [0.4, 0.5) is 5.82 Å². The lowest BCUT2D eigenvalue weighted by Crippen LogP contribution is -2.26. The summed E-state index contributed by atoms with van der Waals surface area (Å²) >= 11 is 1.73. The number of H-pyrrole nitrogens is 1. The molecule has 0 spiro atoms. The monoisotopic (exact) mass is 275 g/mol. The normalized spacial score (nSPS) is 22.5. The second kappa shape index (κ2) is 4.67. The minimum absolute atomic E-state index is 0.323. The van der Waals surface area contributed by atoms with Gasteiger partial charge in [-0.1, -0.05) is 32.8 Å². The van der Waals surface area contributed by atoms with Crippen molar-refractivity contribution >= 4 is 17.2 Å². The molecule has 1 saturated carbocycles. The van der Waals surface area contributed by atoms with E-state index in [2.05, 4.69) is 41.6 Å². The van der Waals surface area contributed by atoms with Gasteiger partial charge in [0.2, 0.25) is 0 Å². The number of nitrogen functional groups attached to an aromatic ring is 1. The molecule has 1 aliphatic rings. The van der Waals surface area contributed by atoms with Gasteiger partial charge < -0.3 is 5.73 Å². The Labute approximate surface area is 118 Å². The zero-order valence-electron chi connectivity index (χ0n) is 11.6. The van der Waals surface area contributed by atoms with Crippen molar-refractivity contribution in [3.8, 4) is 10.4 Å². The highest BCUT2D eigenvalue weighted by Crippen LogP contribution is 2.49. The van der Waals surface area contributed by atoms with Crippen LogP contribution in [0.3, 0.4) is 0 Å². The molecule has 0 aromatic carbocycles. The van der Waals surface area contributed by atoms with Gasteiger partial charge in [0, 0.05) is 16.5 Å². The second-order valence-corrected chi connectivity index (χ2v) is 7.11. The van der Waals surface area contributed by atoms with Gasteiger partial charge in [-0.15, -0.1) is 11.3 Å². The lowest BCUT2D eigenvalue weighted by Gasteiger charge is -2.38. The molecule has 1 aliphatic carbocycles. The van der Waals surface area contributed by atoms with Crippen molar-refractivity contribution in [3.05, 3.63) is 23.2 Å². The minimum Gasteiger partial charge on any atom is -0.382 e. The van der Waals surface area contributed by atoms with Crippen LogP contribution in [-0.2, 0) is 0 Å². The van der Waals surface area contributed by atoms with E-state index >= 15 is 0 Å². The van der Waals surface area contributed by atoms with Crippen LogP contribution in [0.1, 0.15) is 51.1 Å². The van der Waals surface area contributed by atoms with Crippen molar-refractivity contribution in [2.75, 3.05) is 5.73 Å². The number of hydrogen-bond acceptors (Lipinski definition) is 3. The second-order valence-electron chi connectivity index (χ2n) is 6.16. The number of nitrogens with two attached hydrogens (primary N) is 1. The molecule has 2 aromatic heterocycles. The predicted molar refractivity (Wildman–Crippen MR) is 81.3 cm³/mol. The van der Waals surface area contributed by atoms with Gasteiger partial charge in [-0.25, -0.2) is 0 Å². The molecule has 102 valence electrons. The average Bonchev–Trinajstić information content (AvgIpc) is 2.97. The quantitative estimate of drug-likeness (QED) is 0.853. The third-order valence-corrected chi connectivity index (χ3v) is 5.33. The molecule has 4 heteroatoms. The molecule has 1 atom stereocenters. The third-order valence-electron chi connectivity index (χ3n) is 4.45. The average molecular weight is 275 g/mol.